The Balaban J connectivity index is 1.61. The van der Waals surface area contributed by atoms with Crippen molar-refractivity contribution < 1.29 is 0 Å². The molecule has 0 radical (unpaired) electrons. The van der Waals surface area contributed by atoms with Crippen LogP contribution in [0.25, 0.3) is 11.4 Å². The third-order valence-corrected chi connectivity index (χ3v) is 5.78. The van der Waals surface area contributed by atoms with Crippen LogP contribution in [-0.4, -0.2) is 54.1 Å². The highest BCUT2D eigenvalue weighted by Crippen LogP contribution is 2.26. The Bertz CT molecular complexity index is 717. The lowest BCUT2D eigenvalue weighted by atomic mass is 10.1. The van der Waals surface area contributed by atoms with Gasteiger partial charge in [-0.3, -0.25) is 0 Å². The molecule has 1 aliphatic heterocycles. The average Bonchev–Trinajstić information content (AvgIpc) is 2.98. The summed E-state index contributed by atoms with van der Waals surface area (Å²) in [6.45, 7) is 4.20. The summed E-state index contributed by atoms with van der Waals surface area (Å²) in [5.74, 6) is 2.85. The van der Waals surface area contributed by atoms with Gasteiger partial charge in [0.25, 0.3) is 0 Å². The normalized spacial score (nSPS) is 19.7. The van der Waals surface area contributed by atoms with Gasteiger partial charge in [0.2, 0.25) is 0 Å². The van der Waals surface area contributed by atoms with Crippen LogP contribution in [0.1, 0.15) is 38.5 Å². The van der Waals surface area contributed by atoms with Crippen LogP contribution in [0.15, 0.2) is 36.4 Å². The molecule has 2 aromatic rings. The van der Waals surface area contributed by atoms with Crippen LogP contribution < -0.4 is 10.2 Å². The van der Waals surface area contributed by atoms with Crippen LogP contribution in [0.5, 0.6) is 0 Å². The first-order chi connectivity index (χ1) is 13.3. The molecule has 2 fully saturated rings. The fourth-order valence-electron chi connectivity index (χ4n) is 4.06. The Hall–Kier alpha value is -2.14. The topological polar surface area (TPSA) is 44.3 Å². The van der Waals surface area contributed by atoms with E-state index in [0.29, 0.717) is 6.04 Å². The van der Waals surface area contributed by atoms with Crippen LogP contribution in [0, 0.1) is 0 Å². The van der Waals surface area contributed by atoms with Gasteiger partial charge in [-0.25, -0.2) is 9.97 Å². The van der Waals surface area contributed by atoms with E-state index in [0.717, 1.165) is 49.2 Å². The molecule has 2 heterocycles. The fraction of sp³-hybridized carbons (Fsp3) is 0.545. The molecule has 0 amide bonds. The lowest BCUT2D eigenvalue weighted by Gasteiger charge is -2.33. The van der Waals surface area contributed by atoms with Gasteiger partial charge in [0, 0.05) is 43.9 Å². The van der Waals surface area contributed by atoms with Gasteiger partial charge in [-0.05, 0) is 19.9 Å². The molecule has 1 saturated carbocycles. The minimum atomic E-state index is 0.534. The average molecular weight is 366 g/mol. The van der Waals surface area contributed by atoms with Crippen LogP contribution in [0.4, 0.5) is 11.6 Å². The van der Waals surface area contributed by atoms with Crippen LogP contribution >= 0.6 is 0 Å². The monoisotopic (exact) mass is 365 g/mol. The van der Waals surface area contributed by atoms with Gasteiger partial charge in [0.05, 0.1) is 0 Å². The minimum Gasteiger partial charge on any atom is -0.367 e. The molecule has 1 aromatic heterocycles. The summed E-state index contributed by atoms with van der Waals surface area (Å²) in [6, 6.07) is 13.0. The lowest BCUT2D eigenvalue weighted by molar-refractivity contribution is 0.312. The number of nitrogens with zero attached hydrogens (tertiary/aromatic N) is 4. The molecule has 144 valence electrons. The van der Waals surface area contributed by atoms with E-state index in [1.54, 1.807) is 0 Å². The van der Waals surface area contributed by atoms with Crippen LogP contribution in [0.2, 0.25) is 0 Å². The third-order valence-electron chi connectivity index (χ3n) is 5.78. The SMILES string of the molecule is CN1CCN(c2cc(NC3CCCCCC3)nc(-c3ccccc3)n2)CC1. The molecule has 0 atom stereocenters. The number of anilines is 2. The van der Waals surface area contributed by atoms with E-state index in [9.17, 15) is 0 Å². The predicted octanol–water partition coefficient (Wildman–Crippen LogP) is 4.03. The molecule has 0 bridgehead atoms. The van der Waals surface area contributed by atoms with Crippen LogP contribution in [-0.2, 0) is 0 Å². The summed E-state index contributed by atoms with van der Waals surface area (Å²) in [6.07, 6.45) is 7.86. The van der Waals surface area contributed by atoms with Crippen molar-refractivity contribution >= 4 is 11.6 Å². The maximum atomic E-state index is 4.92. The minimum absolute atomic E-state index is 0.534. The van der Waals surface area contributed by atoms with Gasteiger partial charge in [0.15, 0.2) is 5.82 Å². The number of aromatic nitrogens is 2. The zero-order valence-electron chi connectivity index (χ0n) is 16.4. The zero-order chi connectivity index (χ0) is 18.5. The molecule has 1 saturated heterocycles. The first-order valence-electron chi connectivity index (χ1n) is 10.4. The van der Waals surface area contributed by atoms with E-state index in [2.05, 4.69) is 52.5 Å². The zero-order valence-corrected chi connectivity index (χ0v) is 16.4. The van der Waals surface area contributed by atoms with Crippen molar-refractivity contribution in [3.63, 3.8) is 0 Å². The quantitative estimate of drug-likeness (QED) is 0.829. The maximum absolute atomic E-state index is 4.92. The van der Waals surface area contributed by atoms with Gasteiger partial charge in [0.1, 0.15) is 11.6 Å². The molecule has 2 aliphatic rings. The molecule has 4 rings (SSSR count). The van der Waals surface area contributed by atoms with E-state index < -0.39 is 0 Å². The molecule has 1 aliphatic carbocycles. The number of piperazine rings is 1. The number of likely N-dealkylation sites (N-methyl/N-ethyl adjacent to an activating group) is 1. The van der Waals surface area contributed by atoms with E-state index in [4.69, 9.17) is 9.97 Å². The molecule has 0 spiro atoms. The predicted molar refractivity (Wildman–Crippen MR) is 112 cm³/mol. The Labute approximate surface area is 162 Å². The summed E-state index contributed by atoms with van der Waals surface area (Å²) in [4.78, 5) is 14.6. The smallest absolute Gasteiger partial charge is 0.163 e. The Kier molecular flexibility index (Phi) is 5.87. The summed E-state index contributed by atoms with van der Waals surface area (Å²) >= 11 is 0. The maximum Gasteiger partial charge on any atom is 0.163 e. The highest BCUT2D eigenvalue weighted by Gasteiger charge is 2.19. The molecule has 27 heavy (non-hydrogen) atoms. The molecule has 5 nitrogen and oxygen atoms in total. The van der Waals surface area contributed by atoms with Crippen molar-refractivity contribution in [2.75, 3.05) is 43.4 Å². The number of nitrogens with one attached hydrogen (secondary N) is 1. The Morgan fingerprint density at radius 3 is 2.30 bits per heavy atom. The third kappa shape index (κ3) is 4.78. The lowest BCUT2D eigenvalue weighted by Crippen LogP contribution is -2.44. The summed E-state index contributed by atoms with van der Waals surface area (Å²) in [7, 11) is 2.19. The van der Waals surface area contributed by atoms with Crippen molar-refractivity contribution in [3.05, 3.63) is 36.4 Å². The summed E-state index contributed by atoms with van der Waals surface area (Å²) in [5.41, 5.74) is 1.08. The molecule has 0 unspecified atom stereocenters. The summed E-state index contributed by atoms with van der Waals surface area (Å²) < 4.78 is 0. The number of hydrogen-bond donors (Lipinski definition) is 1. The van der Waals surface area contributed by atoms with E-state index in [1.165, 1.54) is 38.5 Å². The summed E-state index contributed by atoms with van der Waals surface area (Å²) in [5, 5.41) is 3.73. The highest BCUT2D eigenvalue weighted by atomic mass is 15.3. The van der Waals surface area contributed by atoms with E-state index in [1.807, 2.05) is 6.07 Å². The number of rotatable bonds is 4. The molecule has 1 aromatic carbocycles. The number of hydrogen-bond acceptors (Lipinski definition) is 5. The molecule has 1 N–H and O–H groups in total. The first kappa shape index (κ1) is 18.2. The van der Waals surface area contributed by atoms with Crippen molar-refractivity contribution in [2.24, 2.45) is 0 Å². The van der Waals surface area contributed by atoms with Crippen molar-refractivity contribution in [1.29, 1.82) is 0 Å². The van der Waals surface area contributed by atoms with Gasteiger partial charge >= 0.3 is 0 Å². The standard InChI is InChI=1S/C22H31N5/c1-26-13-15-27(16-14-26)21-17-20(23-19-11-7-2-3-8-12-19)24-22(25-21)18-9-5-4-6-10-18/h4-6,9-10,17,19H,2-3,7-8,11-16H2,1H3,(H,23,24,25). The first-order valence-corrected chi connectivity index (χ1v) is 10.4. The van der Waals surface area contributed by atoms with E-state index in [-0.39, 0.29) is 0 Å². The van der Waals surface area contributed by atoms with Crippen molar-refractivity contribution in [2.45, 2.75) is 44.6 Å². The largest absolute Gasteiger partial charge is 0.367 e. The van der Waals surface area contributed by atoms with Crippen LogP contribution in [0.3, 0.4) is 0 Å². The van der Waals surface area contributed by atoms with Gasteiger partial charge < -0.3 is 15.1 Å². The second-order valence-corrected chi connectivity index (χ2v) is 7.92. The van der Waals surface area contributed by atoms with Gasteiger partial charge in [-0.2, -0.15) is 0 Å². The fourth-order valence-corrected chi connectivity index (χ4v) is 4.06. The Morgan fingerprint density at radius 2 is 1.59 bits per heavy atom. The Morgan fingerprint density at radius 1 is 0.889 bits per heavy atom. The second kappa shape index (κ2) is 8.70. The number of benzene rings is 1. The molecular weight excluding hydrogens is 334 g/mol. The van der Waals surface area contributed by atoms with Gasteiger partial charge in [-0.1, -0.05) is 56.0 Å². The van der Waals surface area contributed by atoms with E-state index >= 15 is 0 Å². The molecule has 5 heteroatoms. The second-order valence-electron chi connectivity index (χ2n) is 7.92. The van der Waals surface area contributed by atoms with Gasteiger partial charge in [-0.15, -0.1) is 0 Å². The van der Waals surface area contributed by atoms with Crippen molar-refractivity contribution in [1.82, 2.24) is 14.9 Å². The molecular formula is C22H31N5. The highest BCUT2D eigenvalue weighted by molar-refractivity contribution is 5.62. The van der Waals surface area contributed by atoms with Crippen molar-refractivity contribution in [3.8, 4) is 11.4 Å².